The van der Waals surface area contributed by atoms with Crippen LogP contribution in [0.2, 0.25) is 0 Å². The van der Waals surface area contributed by atoms with Gasteiger partial charge in [-0.25, -0.2) is 0 Å². The number of ether oxygens (including phenoxy) is 1. The average molecular weight is 266 g/mol. The molecule has 0 bridgehead atoms. The molecule has 0 spiro atoms. The first-order chi connectivity index (χ1) is 8.49. The van der Waals surface area contributed by atoms with E-state index in [1.807, 2.05) is 36.0 Å². The van der Waals surface area contributed by atoms with E-state index in [1.54, 1.807) is 13.8 Å². The first-order valence-electron chi connectivity index (χ1n) is 6.05. The van der Waals surface area contributed by atoms with Crippen LogP contribution in [-0.4, -0.2) is 28.7 Å². The highest BCUT2D eigenvalue weighted by Crippen LogP contribution is 2.31. The summed E-state index contributed by atoms with van der Waals surface area (Å²) in [5.74, 6) is 2.10. The molecule has 0 radical (unpaired) electrons. The lowest BCUT2D eigenvalue weighted by atomic mass is 9.85. The van der Waals surface area contributed by atoms with Crippen LogP contribution in [0.15, 0.2) is 24.3 Å². The lowest BCUT2D eigenvalue weighted by Gasteiger charge is -2.28. The van der Waals surface area contributed by atoms with Crippen LogP contribution >= 0.6 is 11.8 Å². The van der Waals surface area contributed by atoms with E-state index in [9.17, 15) is 9.90 Å². The van der Waals surface area contributed by atoms with Gasteiger partial charge in [0.25, 0.3) is 0 Å². The van der Waals surface area contributed by atoms with Gasteiger partial charge in [-0.2, -0.15) is 11.8 Å². The molecule has 0 aliphatic carbocycles. The third-order valence-corrected chi connectivity index (χ3v) is 4.30. The highest BCUT2D eigenvalue weighted by molar-refractivity contribution is 8.00. The normalized spacial score (nSPS) is 16.1. The van der Waals surface area contributed by atoms with Crippen LogP contribution in [0.1, 0.15) is 19.4 Å². The van der Waals surface area contributed by atoms with Crippen molar-refractivity contribution in [3.05, 3.63) is 29.8 Å². The Morgan fingerprint density at radius 1 is 1.44 bits per heavy atom. The number of carboxylic acid groups (broad SMARTS) is 1. The Balaban J connectivity index is 2.13. The van der Waals surface area contributed by atoms with E-state index in [0.29, 0.717) is 6.42 Å². The molecule has 1 heterocycles. The molecule has 0 amide bonds. The Labute approximate surface area is 112 Å². The molecule has 1 N–H and O–H groups in total. The summed E-state index contributed by atoms with van der Waals surface area (Å²) in [4.78, 5) is 11.2. The van der Waals surface area contributed by atoms with E-state index >= 15 is 0 Å². The second-order valence-corrected chi connectivity index (χ2v) is 6.33. The zero-order valence-corrected chi connectivity index (χ0v) is 11.5. The molecule has 3 nitrogen and oxygen atoms in total. The maximum absolute atomic E-state index is 11.2. The van der Waals surface area contributed by atoms with Gasteiger partial charge in [-0.15, -0.1) is 0 Å². The second kappa shape index (κ2) is 5.22. The van der Waals surface area contributed by atoms with Crippen LogP contribution in [0.4, 0.5) is 0 Å². The van der Waals surface area contributed by atoms with Crippen LogP contribution in [0.3, 0.4) is 0 Å². The first-order valence-corrected chi connectivity index (χ1v) is 7.20. The Hall–Kier alpha value is -1.16. The molecule has 1 aliphatic rings. The van der Waals surface area contributed by atoms with Crippen LogP contribution in [-0.2, 0) is 11.2 Å². The lowest BCUT2D eigenvalue weighted by Crippen LogP contribution is -2.32. The molecule has 18 heavy (non-hydrogen) atoms. The minimum Gasteiger partial charge on any atom is -0.488 e. The molecule has 0 aromatic heterocycles. The molecule has 0 atom stereocenters. The van der Waals surface area contributed by atoms with E-state index in [1.165, 1.54) is 0 Å². The van der Waals surface area contributed by atoms with Gasteiger partial charge in [-0.1, -0.05) is 18.2 Å². The predicted octanol–water partition coefficient (Wildman–Crippen LogP) is 2.83. The summed E-state index contributed by atoms with van der Waals surface area (Å²) < 4.78 is 5.89. The first kappa shape index (κ1) is 13.3. The van der Waals surface area contributed by atoms with Gasteiger partial charge in [0.1, 0.15) is 11.9 Å². The number of thioether (sulfide) groups is 1. The molecule has 4 heteroatoms. The van der Waals surface area contributed by atoms with Gasteiger partial charge in [0, 0.05) is 11.5 Å². The molecule has 1 aromatic rings. The Kier molecular flexibility index (Phi) is 3.85. The maximum Gasteiger partial charge on any atom is 0.309 e. The number of hydrogen-bond donors (Lipinski definition) is 1. The summed E-state index contributed by atoms with van der Waals surface area (Å²) >= 11 is 1.87. The van der Waals surface area contributed by atoms with Crippen molar-refractivity contribution in [2.45, 2.75) is 26.4 Å². The fourth-order valence-corrected chi connectivity index (χ4v) is 2.34. The largest absolute Gasteiger partial charge is 0.488 e. The Morgan fingerprint density at radius 3 is 2.67 bits per heavy atom. The fraction of sp³-hybridized carbons (Fsp3) is 0.500. The number of aliphatic carboxylic acids is 1. The zero-order chi connectivity index (χ0) is 13.2. The van der Waals surface area contributed by atoms with Crippen molar-refractivity contribution >= 4 is 17.7 Å². The highest BCUT2D eigenvalue weighted by Gasteiger charge is 2.29. The van der Waals surface area contributed by atoms with Gasteiger partial charge >= 0.3 is 5.97 Å². The molecule has 98 valence electrons. The van der Waals surface area contributed by atoms with Crippen LogP contribution in [0.25, 0.3) is 0 Å². The summed E-state index contributed by atoms with van der Waals surface area (Å²) in [6.45, 7) is 3.48. The number of para-hydroxylation sites is 1. The van der Waals surface area contributed by atoms with Gasteiger partial charge in [-0.3, -0.25) is 4.79 Å². The van der Waals surface area contributed by atoms with E-state index < -0.39 is 11.4 Å². The number of benzene rings is 1. The Bertz CT molecular complexity index is 438. The van der Waals surface area contributed by atoms with Gasteiger partial charge < -0.3 is 9.84 Å². The fourth-order valence-electron chi connectivity index (χ4n) is 1.78. The summed E-state index contributed by atoms with van der Waals surface area (Å²) in [6, 6.07) is 7.73. The third kappa shape index (κ3) is 2.99. The maximum atomic E-state index is 11.2. The SMILES string of the molecule is CC(C)(Cc1ccccc1OC1CSC1)C(=O)O. The van der Waals surface area contributed by atoms with Gasteiger partial charge in [-0.05, 0) is 31.9 Å². The summed E-state index contributed by atoms with van der Waals surface area (Å²) in [5, 5.41) is 9.19. The van der Waals surface area contributed by atoms with Crippen LogP contribution < -0.4 is 4.74 Å². The van der Waals surface area contributed by atoms with Crippen molar-refractivity contribution in [2.75, 3.05) is 11.5 Å². The minimum atomic E-state index is -0.781. The van der Waals surface area contributed by atoms with Crippen molar-refractivity contribution in [1.29, 1.82) is 0 Å². The highest BCUT2D eigenvalue weighted by atomic mass is 32.2. The van der Waals surface area contributed by atoms with E-state index in [2.05, 4.69) is 0 Å². The quantitative estimate of drug-likeness (QED) is 0.890. The molecule has 1 fully saturated rings. The van der Waals surface area contributed by atoms with Crippen molar-refractivity contribution in [3.8, 4) is 5.75 Å². The van der Waals surface area contributed by atoms with Crippen LogP contribution in [0, 0.1) is 5.41 Å². The standard InChI is InChI=1S/C14H18O3S/c1-14(2,13(15)16)7-10-5-3-4-6-12(10)17-11-8-18-9-11/h3-6,11H,7-9H2,1-2H3,(H,15,16). The van der Waals surface area contributed by atoms with Crippen molar-refractivity contribution < 1.29 is 14.6 Å². The van der Waals surface area contributed by atoms with Crippen LogP contribution in [0.5, 0.6) is 5.75 Å². The molecule has 0 unspecified atom stereocenters. The molecule has 1 saturated heterocycles. The second-order valence-electron chi connectivity index (χ2n) is 5.25. The number of carboxylic acids is 1. The molecular weight excluding hydrogens is 248 g/mol. The van der Waals surface area contributed by atoms with Gasteiger partial charge in [0.2, 0.25) is 0 Å². The summed E-state index contributed by atoms with van der Waals surface area (Å²) in [5.41, 5.74) is 0.204. The predicted molar refractivity (Wildman–Crippen MR) is 73.3 cm³/mol. The van der Waals surface area contributed by atoms with Gasteiger partial charge in [0.05, 0.1) is 5.41 Å². The van der Waals surface area contributed by atoms with Gasteiger partial charge in [0.15, 0.2) is 0 Å². The summed E-state index contributed by atoms with van der Waals surface area (Å²) in [7, 11) is 0. The molecule has 0 saturated carbocycles. The summed E-state index contributed by atoms with van der Waals surface area (Å²) in [6.07, 6.45) is 0.766. The van der Waals surface area contributed by atoms with E-state index in [4.69, 9.17) is 4.74 Å². The number of hydrogen-bond acceptors (Lipinski definition) is 3. The number of carbonyl (C=O) groups is 1. The minimum absolute atomic E-state index is 0.282. The average Bonchev–Trinajstić information content (AvgIpc) is 2.24. The van der Waals surface area contributed by atoms with Crippen molar-refractivity contribution in [1.82, 2.24) is 0 Å². The topological polar surface area (TPSA) is 46.5 Å². The number of rotatable bonds is 5. The zero-order valence-electron chi connectivity index (χ0n) is 10.7. The lowest BCUT2D eigenvalue weighted by molar-refractivity contribution is -0.146. The van der Waals surface area contributed by atoms with Crippen molar-refractivity contribution in [2.24, 2.45) is 5.41 Å². The van der Waals surface area contributed by atoms with E-state index in [-0.39, 0.29) is 6.10 Å². The van der Waals surface area contributed by atoms with E-state index in [0.717, 1.165) is 22.8 Å². The smallest absolute Gasteiger partial charge is 0.309 e. The Morgan fingerprint density at radius 2 is 2.11 bits per heavy atom. The monoisotopic (exact) mass is 266 g/mol. The molecule has 2 rings (SSSR count). The molecular formula is C14H18O3S. The molecule has 1 aliphatic heterocycles. The third-order valence-electron chi connectivity index (χ3n) is 3.09. The van der Waals surface area contributed by atoms with Crippen molar-refractivity contribution in [3.63, 3.8) is 0 Å². The molecule has 1 aromatic carbocycles.